The Morgan fingerprint density at radius 3 is 1.63 bits per heavy atom. The van der Waals surface area contributed by atoms with Crippen LogP contribution in [0.15, 0.2) is 30.3 Å². The molecule has 0 saturated carbocycles. The number of amides is 1. The van der Waals surface area contributed by atoms with Crippen LogP contribution in [0.2, 0.25) is 0 Å². The van der Waals surface area contributed by atoms with E-state index in [2.05, 4.69) is 31.2 Å². The fourth-order valence-corrected chi connectivity index (χ4v) is 4.17. The van der Waals surface area contributed by atoms with Gasteiger partial charge in [0.05, 0.1) is 72.5 Å². The minimum absolute atomic E-state index is 0.170. The number of hydrogen-bond donors (Lipinski definition) is 0. The number of rotatable bonds is 22. The summed E-state index contributed by atoms with van der Waals surface area (Å²) in [6.45, 7) is 14.5. The third-order valence-corrected chi connectivity index (χ3v) is 6.37. The van der Waals surface area contributed by atoms with Crippen molar-refractivity contribution in [3.8, 4) is 0 Å². The average molecular weight is 538 g/mol. The number of benzene rings is 1. The Bertz CT molecular complexity index is 710. The number of Topliss-reactive ketones (excluding diaryl/α,β-unsaturated/α-hetero) is 1. The van der Waals surface area contributed by atoms with Gasteiger partial charge in [-0.2, -0.15) is 0 Å². The predicted molar refractivity (Wildman–Crippen MR) is 150 cm³/mol. The number of hydrogen-bond acceptors (Lipinski definition) is 7. The van der Waals surface area contributed by atoms with Gasteiger partial charge in [-0.25, -0.2) is 0 Å². The van der Waals surface area contributed by atoms with E-state index in [4.69, 9.17) is 23.7 Å². The van der Waals surface area contributed by atoms with Crippen molar-refractivity contribution < 1.29 is 33.3 Å². The molecule has 0 aromatic heterocycles. The molecule has 1 fully saturated rings. The molecule has 0 spiro atoms. The second kappa shape index (κ2) is 23.1. The van der Waals surface area contributed by atoms with Crippen LogP contribution in [-0.4, -0.2) is 95.7 Å². The fourth-order valence-electron chi connectivity index (χ4n) is 4.17. The van der Waals surface area contributed by atoms with Crippen LogP contribution >= 0.6 is 0 Å². The quantitative estimate of drug-likeness (QED) is 0.201. The first kappa shape index (κ1) is 34.2. The van der Waals surface area contributed by atoms with Crippen molar-refractivity contribution in [1.82, 2.24) is 4.90 Å². The second-order valence-corrected chi connectivity index (χ2v) is 8.94. The van der Waals surface area contributed by atoms with E-state index < -0.39 is 0 Å². The fraction of sp³-hybridized carbons (Fsp3) is 0.733. The molecule has 0 radical (unpaired) electrons. The highest BCUT2D eigenvalue weighted by Crippen LogP contribution is 2.34. The van der Waals surface area contributed by atoms with Gasteiger partial charge < -0.3 is 28.6 Å². The monoisotopic (exact) mass is 537 g/mol. The summed E-state index contributed by atoms with van der Waals surface area (Å²) in [4.78, 5) is 25.4. The van der Waals surface area contributed by atoms with Crippen molar-refractivity contribution in [2.45, 2.75) is 59.3 Å². The lowest BCUT2D eigenvalue weighted by Gasteiger charge is -2.43. The predicted octanol–water partition coefficient (Wildman–Crippen LogP) is 4.51. The van der Waals surface area contributed by atoms with E-state index >= 15 is 0 Å². The summed E-state index contributed by atoms with van der Waals surface area (Å²) >= 11 is 0. The van der Waals surface area contributed by atoms with E-state index in [9.17, 15) is 9.59 Å². The van der Waals surface area contributed by atoms with Crippen LogP contribution in [0.5, 0.6) is 0 Å². The van der Waals surface area contributed by atoms with Gasteiger partial charge in [-0.15, -0.1) is 0 Å². The van der Waals surface area contributed by atoms with Crippen molar-refractivity contribution in [1.29, 1.82) is 0 Å². The molecule has 2 rings (SSSR count). The van der Waals surface area contributed by atoms with Crippen LogP contribution < -0.4 is 0 Å². The molecular formula is C30H51NO7. The van der Waals surface area contributed by atoms with Crippen LogP contribution in [0.25, 0.3) is 0 Å². The van der Waals surface area contributed by atoms with E-state index in [1.807, 2.05) is 31.7 Å². The van der Waals surface area contributed by atoms with E-state index in [0.717, 1.165) is 19.5 Å². The van der Waals surface area contributed by atoms with E-state index in [1.54, 1.807) is 0 Å². The van der Waals surface area contributed by atoms with Gasteiger partial charge in [-0.3, -0.25) is 9.59 Å². The Labute approximate surface area is 230 Å². The van der Waals surface area contributed by atoms with E-state index in [0.29, 0.717) is 97.2 Å². The van der Waals surface area contributed by atoms with Crippen LogP contribution in [0, 0.1) is 5.92 Å². The van der Waals surface area contributed by atoms with Gasteiger partial charge in [-0.1, -0.05) is 58.0 Å². The Hall–Kier alpha value is -1.84. The van der Waals surface area contributed by atoms with Crippen molar-refractivity contribution in [2.24, 2.45) is 5.92 Å². The minimum Gasteiger partial charge on any atom is -0.379 e. The highest BCUT2D eigenvalue weighted by Gasteiger charge is 2.35. The SMILES string of the molecule is CC.CCC(=O)CCOCCOCCOCCOCCOCCC(=O)N1CC(C(CC)c2ccccc2)C1. The zero-order chi connectivity index (χ0) is 27.8. The van der Waals surface area contributed by atoms with Gasteiger partial charge in [0.25, 0.3) is 0 Å². The number of likely N-dealkylation sites (tertiary alicyclic amines) is 1. The van der Waals surface area contributed by atoms with Gasteiger partial charge in [0.1, 0.15) is 5.78 Å². The molecule has 1 amide bonds. The van der Waals surface area contributed by atoms with Gasteiger partial charge in [-0.05, 0) is 17.9 Å². The lowest BCUT2D eigenvalue weighted by molar-refractivity contribution is -0.139. The molecule has 1 aromatic rings. The number of ether oxygens (including phenoxy) is 5. The maximum atomic E-state index is 12.4. The van der Waals surface area contributed by atoms with Crippen molar-refractivity contribution >= 4 is 11.7 Å². The normalized spacial score (nSPS) is 13.9. The molecule has 8 nitrogen and oxygen atoms in total. The second-order valence-electron chi connectivity index (χ2n) is 8.94. The Morgan fingerprint density at radius 1 is 0.737 bits per heavy atom. The van der Waals surface area contributed by atoms with Crippen LogP contribution in [0.1, 0.15) is 64.9 Å². The van der Waals surface area contributed by atoms with E-state index in [1.165, 1.54) is 5.56 Å². The highest BCUT2D eigenvalue weighted by atomic mass is 16.6. The lowest BCUT2D eigenvalue weighted by Crippen LogP contribution is -2.52. The first-order valence-electron chi connectivity index (χ1n) is 14.4. The van der Waals surface area contributed by atoms with Crippen LogP contribution in [-0.2, 0) is 33.3 Å². The molecular weight excluding hydrogens is 486 g/mol. The van der Waals surface area contributed by atoms with Gasteiger partial charge in [0, 0.05) is 31.8 Å². The Morgan fingerprint density at radius 2 is 1.18 bits per heavy atom. The molecule has 1 heterocycles. The summed E-state index contributed by atoms with van der Waals surface area (Å²) in [6, 6.07) is 10.6. The smallest absolute Gasteiger partial charge is 0.224 e. The molecule has 0 N–H and O–H groups in total. The zero-order valence-electron chi connectivity index (χ0n) is 24.2. The number of ketones is 1. The molecule has 0 bridgehead atoms. The van der Waals surface area contributed by atoms with Crippen LogP contribution in [0.4, 0.5) is 0 Å². The standard InChI is InChI=1S/C28H45NO7.C2H6/c1-3-26(30)10-12-32-14-16-34-18-20-36-21-19-35-17-15-33-13-11-28(31)29-22-25(23-29)27(4-2)24-8-6-5-7-9-24;1-2/h5-9,25,27H,3-4,10-23H2,1-2H3;1-2H3. The summed E-state index contributed by atoms with van der Waals surface area (Å²) in [6.07, 6.45) is 2.54. The number of nitrogens with zero attached hydrogens (tertiary/aromatic N) is 1. The molecule has 1 atom stereocenters. The topological polar surface area (TPSA) is 83.5 Å². The number of carbonyl (C=O) groups is 2. The molecule has 1 unspecified atom stereocenters. The van der Waals surface area contributed by atoms with Gasteiger partial charge in [0.15, 0.2) is 0 Å². The summed E-state index contributed by atoms with van der Waals surface area (Å²) in [5.74, 6) is 1.46. The Balaban J connectivity index is 0.00000352. The van der Waals surface area contributed by atoms with Crippen LogP contribution in [0.3, 0.4) is 0 Å². The molecule has 1 aliphatic heterocycles. The maximum Gasteiger partial charge on any atom is 0.224 e. The number of carbonyl (C=O) groups excluding carboxylic acids is 2. The Kier molecular flexibility index (Phi) is 20.8. The summed E-state index contributed by atoms with van der Waals surface area (Å²) < 4.78 is 27.2. The van der Waals surface area contributed by atoms with Crippen molar-refractivity contribution in [2.75, 3.05) is 79.2 Å². The van der Waals surface area contributed by atoms with E-state index in [-0.39, 0.29) is 11.7 Å². The molecule has 1 aromatic carbocycles. The van der Waals surface area contributed by atoms with Gasteiger partial charge in [0.2, 0.25) is 5.91 Å². The minimum atomic E-state index is 0.170. The molecule has 38 heavy (non-hydrogen) atoms. The third-order valence-electron chi connectivity index (χ3n) is 6.37. The largest absolute Gasteiger partial charge is 0.379 e. The first-order chi connectivity index (χ1) is 18.7. The third kappa shape index (κ3) is 14.9. The summed E-state index contributed by atoms with van der Waals surface area (Å²) in [5.41, 5.74) is 1.37. The average Bonchev–Trinajstić information content (AvgIpc) is 2.93. The summed E-state index contributed by atoms with van der Waals surface area (Å²) in [5, 5.41) is 0. The lowest BCUT2D eigenvalue weighted by atomic mass is 9.79. The van der Waals surface area contributed by atoms with Crippen molar-refractivity contribution in [3.05, 3.63) is 35.9 Å². The highest BCUT2D eigenvalue weighted by molar-refractivity contribution is 5.78. The molecule has 1 saturated heterocycles. The van der Waals surface area contributed by atoms with Gasteiger partial charge >= 0.3 is 0 Å². The molecule has 8 heteroatoms. The summed E-state index contributed by atoms with van der Waals surface area (Å²) in [7, 11) is 0. The molecule has 0 aliphatic carbocycles. The van der Waals surface area contributed by atoms with Crippen molar-refractivity contribution in [3.63, 3.8) is 0 Å². The maximum absolute atomic E-state index is 12.4. The molecule has 1 aliphatic rings. The first-order valence-corrected chi connectivity index (χ1v) is 14.4. The zero-order valence-corrected chi connectivity index (χ0v) is 24.2. The molecule has 218 valence electrons.